The van der Waals surface area contributed by atoms with Crippen LogP contribution in [0, 0.1) is 5.41 Å². The lowest BCUT2D eigenvalue weighted by Crippen LogP contribution is -2.22. The molecule has 0 heterocycles. The normalized spacial score (nSPS) is 29.2. The predicted molar refractivity (Wildman–Crippen MR) is 43.8 cm³/mol. The highest BCUT2D eigenvalue weighted by Crippen LogP contribution is 2.38. The average Bonchev–Trinajstić information content (AvgIpc) is 2.30. The van der Waals surface area contributed by atoms with E-state index in [1.54, 1.807) is 0 Å². The number of hydrogen-bond donors (Lipinski definition) is 1. The van der Waals surface area contributed by atoms with Gasteiger partial charge in [0.2, 0.25) is 0 Å². The molecule has 0 saturated heterocycles. The minimum absolute atomic E-state index is 0.113. The van der Waals surface area contributed by atoms with Gasteiger partial charge in [-0.15, -0.1) is 0 Å². The third-order valence-corrected chi connectivity index (χ3v) is 2.70. The summed E-state index contributed by atoms with van der Waals surface area (Å²) in [6.07, 6.45) is 3.04. The molecule has 12 heavy (non-hydrogen) atoms. The second kappa shape index (κ2) is 3.25. The van der Waals surface area contributed by atoms with Gasteiger partial charge < -0.3 is 5.11 Å². The van der Waals surface area contributed by atoms with Crippen LogP contribution in [0.3, 0.4) is 0 Å². The molecule has 0 radical (unpaired) electrons. The number of aliphatic carboxylic acids is 1. The van der Waals surface area contributed by atoms with Gasteiger partial charge in [-0.3, -0.25) is 9.59 Å². The number of carbonyl (C=O) groups is 2. The molecule has 3 heteroatoms. The van der Waals surface area contributed by atoms with Crippen LogP contribution in [0.5, 0.6) is 0 Å². The number of hydrogen-bond acceptors (Lipinski definition) is 2. The van der Waals surface area contributed by atoms with Gasteiger partial charge in [-0.25, -0.2) is 0 Å². The molecule has 0 aliphatic heterocycles. The van der Waals surface area contributed by atoms with Crippen molar-refractivity contribution < 1.29 is 14.7 Å². The molecule has 1 fully saturated rings. The smallest absolute Gasteiger partial charge is 0.303 e. The summed E-state index contributed by atoms with van der Waals surface area (Å²) in [6, 6.07) is 0. The topological polar surface area (TPSA) is 54.4 Å². The molecule has 1 aliphatic rings. The van der Waals surface area contributed by atoms with Crippen molar-refractivity contribution in [3.8, 4) is 0 Å². The van der Waals surface area contributed by atoms with E-state index in [9.17, 15) is 9.59 Å². The highest BCUT2D eigenvalue weighted by atomic mass is 16.4. The lowest BCUT2D eigenvalue weighted by molar-refractivity contribution is -0.138. The summed E-state index contributed by atoms with van der Waals surface area (Å²) < 4.78 is 0. The molecule has 1 saturated carbocycles. The average molecular weight is 170 g/mol. The van der Waals surface area contributed by atoms with Crippen LogP contribution in [0.2, 0.25) is 0 Å². The van der Waals surface area contributed by atoms with E-state index in [2.05, 4.69) is 0 Å². The van der Waals surface area contributed by atoms with Gasteiger partial charge in [-0.2, -0.15) is 0 Å². The van der Waals surface area contributed by atoms with Crippen molar-refractivity contribution in [3.63, 3.8) is 0 Å². The summed E-state index contributed by atoms with van der Waals surface area (Å²) in [6.45, 7) is 1.88. The second-order valence-electron chi connectivity index (χ2n) is 3.73. The Balaban J connectivity index is 2.48. The van der Waals surface area contributed by atoms with Gasteiger partial charge in [0, 0.05) is 18.3 Å². The van der Waals surface area contributed by atoms with Crippen molar-refractivity contribution in [1.82, 2.24) is 0 Å². The molecule has 0 aromatic rings. The molecule has 1 atom stereocenters. The zero-order chi connectivity index (χ0) is 9.19. The summed E-state index contributed by atoms with van der Waals surface area (Å²) in [7, 11) is 0. The van der Waals surface area contributed by atoms with Gasteiger partial charge in [0.25, 0.3) is 0 Å². The van der Waals surface area contributed by atoms with Crippen molar-refractivity contribution in [3.05, 3.63) is 0 Å². The van der Waals surface area contributed by atoms with E-state index in [0.29, 0.717) is 12.8 Å². The van der Waals surface area contributed by atoms with Crippen LogP contribution >= 0.6 is 0 Å². The fourth-order valence-electron chi connectivity index (χ4n) is 1.73. The lowest BCUT2D eigenvalue weighted by Gasteiger charge is -2.19. The van der Waals surface area contributed by atoms with Crippen molar-refractivity contribution in [2.24, 2.45) is 5.41 Å². The van der Waals surface area contributed by atoms with E-state index in [1.807, 2.05) is 6.92 Å². The van der Waals surface area contributed by atoms with Crippen molar-refractivity contribution in [2.75, 3.05) is 0 Å². The van der Waals surface area contributed by atoms with Crippen molar-refractivity contribution >= 4 is 11.8 Å². The maximum absolute atomic E-state index is 11.3. The van der Waals surface area contributed by atoms with Crippen LogP contribution in [0.25, 0.3) is 0 Å². The first-order valence-electron chi connectivity index (χ1n) is 4.30. The SMILES string of the molecule is CC1(CCC(=O)O)CCCC1=O. The molecule has 1 unspecified atom stereocenters. The molecular weight excluding hydrogens is 156 g/mol. The number of ketones is 1. The minimum atomic E-state index is -0.809. The van der Waals surface area contributed by atoms with Crippen LogP contribution < -0.4 is 0 Å². The first-order chi connectivity index (χ1) is 5.54. The monoisotopic (exact) mass is 170 g/mol. The molecule has 1 aliphatic carbocycles. The minimum Gasteiger partial charge on any atom is -0.481 e. The largest absolute Gasteiger partial charge is 0.481 e. The third-order valence-electron chi connectivity index (χ3n) is 2.70. The maximum atomic E-state index is 11.3. The maximum Gasteiger partial charge on any atom is 0.303 e. The first kappa shape index (κ1) is 9.23. The Bertz CT molecular complexity index is 210. The van der Waals surface area contributed by atoms with E-state index in [1.165, 1.54) is 0 Å². The second-order valence-corrected chi connectivity index (χ2v) is 3.73. The van der Waals surface area contributed by atoms with E-state index in [-0.39, 0.29) is 17.6 Å². The third kappa shape index (κ3) is 1.84. The Kier molecular flexibility index (Phi) is 2.50. The van der Waals surface area contributed by atoms with Crippen LogP contribution in [0.1, 0.15) is 39.0 Å². The molecular formula is C9H14O3. The number of rotatable bonds is 3. The molecule has 1 rings (SSSR count). The van der Waals surface area contributed by atoms with E-state index >= 15 is 0 Å². The Labute approximate surface area is 71.8 Å². The zero-order valence-electron chi connectivity index (χ0n) is 7.30. The molecule has 3 nitrogen and oxygen atoms in total. The fourth-order valence-corrected chi connectivity index (χ4v) is 1.73. The summed E-state index contributed by atoms with van der Waals surface area (Å²) >= 11 is 0. The van der Waals surface area contributed by atoms with Crippen molar-refractivity contribution in [2.45, 2.75) is 39.0 Å². The van der Waals surface area contributed by atoms with Gasteiger partial charge in [-0.1, -0.05) is 6.92 Å². The quantitative estimate of drug-likeness (QED) is 0.700. The molecule has 1 N–H and O–H groups in total. The van der Waals surface area contributed by atoms with Gasteiger partial charge in [0.1, 0.15) is 5.78 Å². The number of Topliss-reactive ketones (excluding diaryl/α,β-unsaturated/α-hetero) is 1. The molecule has 0 aromatic carbocycles. The van der Waals surface area contributed by atoms with Crippen LogP contribution in [-0.4, -0.2) is 16.9 Å². The summed E-state index contributed by atoms with van der Waals surface area (Å²) in [4.78, 5) is 21.6. The van der Waals surface area contributed by atoms with E-state index in [4.69, 9.17) is 5.11 Å². The molecule has 0 amide bonds. The molecule has 0 aromatic heterocycles. The van der Waals surface area contributed by atoms with Gasteiger partial charge >= 0.3 is 5.97 Å². The summed E-state index contributed by atoms with van der Waals surface area (Å²) in [5, 5.41) is 8.46. The fraction of sp³-hybridized carbons (Fsp3) is 0.778. The molecule has 0 spiro atoms. The van der Waals surface area contributed by atoms with Gasteiger partial charge in [-0.05, 0) is 19.3 Å². The highest BCUT2D eigenvalue weighted by molar-refractivity contribution is 5.86. The van der Waals surface area contributed by atoms with E-state index in [0.717, 1.165) is 12.8 Å². The molecule has 0 bridgehead atoms. The zero-order valence-corrected chi connectivity index (χ0v) is 7.30. The number of carboxylic acid groups (broad SMARTS) is 1. The van der Waals surface area contributed by atoms with Crippen LogP contribution in [0.4, 0.5) is 0 Å². The van der Waals surface area contributed by atoms with Crippen molar-refractivity contribution in [1.29, 1.82) is 0 Å². The van der Waals surface area contributed by atoms with Crippen LogP contribution in [-0.2, 0) is 9.59 Å². The summed E-state index contributed by atoms with van der Waals surface area (Å²) in [5.74, 6) is -0.570. The van der Waals surface area contributed by atoms with E-state index < -0.39 is 5.97 Å². The lowest BCUT2D eigenvalue weighted by atomic mass is 9.83. The first-order valence-corrected chi connectivity index (χ1v) is 4.30. The Morgan fingerprint density at radius 3 is 2.75 bits per heavy atom. The van der Waals surface area contributed by atoms with Gasteiger partial charge in [0.05, 0.1) is 0 Å². The molecule has 68 valence electrons. The van der Waals surface area contributed by atoms with Gasteiger partial charge in [0.15, 0.2) is 0 Å². The van der Waals surface area contributed by atoms with Crippen LogP contribution in [0.15, 0.2) is 0 Å². The summed E-state index contributed by atoms with van der Waals surface area (Å²) in [5.41, 5.74) is -0.335. The Morgan fingerprint density at radius 1 is 1.67 bits per heavy atom. The predicted octanol–water partition coefficient (Wildman–Crippen LogP) is 1.61. The number of carbonyl (C=O) groups excluding carboxylic acids is 1. The standard InChI is InChI=1S/C9H14O3/c1-9(6-4-8(11)12)5-2-3-7(9)10/h2-6H2,1H3,(H,11,12). The number of carboxylic acids is 1. The Morgan fingerprint density at radius 2 is 2.33 bits per heavy atom. The highest BCUT2D eigenvalue weighted by Gasteiger charge is 2.36. The Hall–Kier alpha value is -0.860.